The summed E-state index contributed by atoms with van der Waals surface area (Å²) in [6.45, 7) is 3.27. The molecule has 1 heterocycles. The number of carbonyl (C=O) groups excluding carboxylic acids is 2. The molecule has 1 unspecified atom stereocenters. The zero-order chi connectivity index (χ0) is 22.4. The van der Waals surface area contributed by atoms with Crippen molar-refractivity contribution in [3.05, 3.63) is 53.6 Å². The van der Waals surface area contributed by atoms with E-state index in [2.05, 4.69) is 5.32 Å². The molecule has 7 nitrogen and oxygen atoms in total. The molecule has 1 saturated heterocycles. The number of quaternary nitrogens is 1. The molecule has 3 rings (SSSR count). The van der Waals surface area contributed by atoms with Crippen LogP contribution < -0.4 is 19.7 Å². The van der Waals surface area contributed by atoms with Crippen molar-refractivity contribution in [2.45, 2.75) is 25.8 Å². The number of rotatable bonds is 8. The number of hydrogen-bond donors (Lipinski definition) is 2. The molecule has 0 bridgehead atoms. The molecule has 31 heavy (non-hydrogen) atoms. The van der Waals surface area contributed by atoms with E-state index in [4.69, 9.17) is 9.47 Å². The van der Waals surface area contributed by atoms with Gasteiger partial charge in [-0.2, -0.15) is 0 Å². The summed E-state index contributed by atoms with van der Waals surface area (Å²) >= 11 is 0. The van der Waals surface area contributed by atoms with Gasteiger partial charge in [-0.05, 0) is 31.2 Å². The first kappa shape index (κ1) is 22.6. The average molecular weight is 427 g/mol. The van der Waals surface area contributed by atoms with Crippen LogP contribution in [-0.4, -0.2) is 57.6 Å². The number of methoxy groups -OCH3 is 2. The van der Waals surface area contributed by atoms with Crippen LogP contribution in [-0.2, 0) is 9.59 Å². The summed E-state index contributed by atoms with van der Waals surface area (Å²) in [5.74, 6) is 1.27. The Bertz CT molecular complexity index is 914. The first-order valence-corrected chi connectivity index (χ1v) is 10.6. The number of aryl methyl sites for hydroxylation is 1. The predicted molar refractivity (Wildman–Crippen MR) is 120 cm³/mol. The number of nitrogens with zero attached hydrogens (tertiary/aromatic N) is 1. The third kappa shape index (κ3) is 5.76. The second-order valence-electron chi connectivity index (χ2n) is 8.05. The molecular weight excluding hydrogens is 394 g/mol. The number of likely N-dealkylation sites (N-methyl/N-ethyl adjacent to an activating group) is 1. The van der Waals surface area contributed by atoms with Crippen molar-refractivity contribution in [1.29, 1.82) is 0 Å². The lowest BCUT2D eigenvalue weighted by Gasteiger charge is -2.25. The van der Waals surface area contributed by atoms with Crippen LogP contribution in [0.15, 0.2) is 42.5 Å². The van der Waals surface area contributed by atoms with Gasteiger partial charge < -0.3 is 24.6 Å². The Kier molecular flexibility index (Phi) is 7.52. The van der Waals surface area contributed by atoms with Crippen molar-refractivity contribution in [1.82, 2.24) is 4.90 Å². The third-order valence-electron chi connectivity index (χ3n) is 5.82. The zero-order valence-electron chi connectivity index (χ0n) is 18.7. The molecule has 0 aliphatic carbocycles. The highest BCUT2D eigenvalue weighted by Gasteiger charge is 2.34. The Labute approximate surface area is 183 Å². The largest absolute Gasteiger partial charge is 0.497 e. The molecule has 2 N–H and O–H groups in total. The maximum absolute atomic E-state index is 12.8. The minimum atomic E-state index is -0.204. The van der Waals surface area contributed by atoms with Gasteiger partial charge in [0.1, 0.15) is 17.5 Å². The van der Waals surface area contributed by atoms with E-state index in [1.807, 2.05) is 49.4 Å². The van der Waals surface area contributed by atoms with Crippen LogP contribution in [0.2, 0.25) is 0 Å². The maximum Gasteiger partial charge on any atom is 0.277 e. The number of carbonyl (C=O) groups is 2. The van der Waals surface area contributed by atoms with E-state index in [1.165, 1.54) is 9.80 Å². The van der Waals surface area contributed by atoms with Crippen LogP contribution in [0.5, 0.6) is 11.5 Å². The highest BCUT2D eigenvalue weighted by atomic mass is 16.5. The van der Waals surface area contributed by atoms with E-state index >= 15 is 0 Å². The molecule has 2 aromatic carbocycles. The number of amides is 2. The van der Waals surface area contributed by atoms with Crippen LogP contribution in [0.3, 0.4) is 0 Å². The smallest absolute Gasteiger partial charge is 0.277 e. The second kappa shape index (κ2) is 10.3. The normalized spacial score (nSPS) is 17.8. The first-order chi connectivity index (χ1) is 14.9. The van der Waals surface area contributed by atoms with Crippen molar-refractivity contribution in [2.75, 3.05) is 46.2 Å². The van der Waals surface area contributed by atoms with E-state index in [1.54, 1.807) is 21.3 Å². The van der Waals surface area contributed by atoms with Crippen LogP contribution in [0.1, 0.15) is 30.0 Å². The average Bonchev–Trinajstić information content (AvgIpc) is 3.22. The standard InChI is InChI=1S/C24H31N3O4/c1-17-7-9-18(10-8-17)25-23(28)15-26(2)24(29)16-27-13-5-6-21(27)20-12-11-19(30-3)14-22(20)31-4/h7-12,14,21H,5-6,13,15-16H2,1-4H3,(H,25,28)/p+1/t21-/m1/s1. The monoisotopic (exact) mass is 426 g/mol. The lowest BCUT2D eigenvalue weighted by molar-refractivity contribution is -0.910. The summed E-state index contributed by atoms with van der Waals surface area (Å²) in [5, 5.41) is 2.84. The molecule has 0 saturated carbocycles. The Morgan fingerprint density at radius 3 is 2.55 bits per heavy atom. The van der Waals surface area contributed by atoms with Crippen molar-refractivity contribution in [2.24, 2.45) is 0 Å². The molecule has 7 heteroatoms. The van der Waals surface area contributed by atoms with Gasteiger partial charge in [-0.25, -0.2) is 0 Å². The first-order valence-electron chi connectivity index (χ1n) is 10.6. The Morgan fingerprint density at radius 1 is 1.13 bits per heavy atom. The maximum atomic E-state index is 12.8. The second-order valence-corrected chi connectivity index (χ2v) is 8.05. The van der Waals surface area contributed by atoms with Crippen LogP contribution in [0, 0.1) is 6.92 Å². The quantitative estimate of drug-likeness (QED) is 0.676. The zero-order valence-corrected chi connectivity index (χ0v) is 18.7. The lowest BCUT2D eigenvalue weighted by atomic mass is 10.0. The molecule has 2 atom stereocenters. The third-order valence-corrected chi connectivity index (χ3v) is 5.82. The fraction of sp³-hybridized carbons (Fsp3) is 0.417. The molecule has 1 aliphatic heterocycles. The summed E-state index contributed by atoms with van der Waals surface area (Å²) in [7, 11) is 4.96. The highest BCUT2D eigenvalue weighted by molar-refractivity contribution is 5.94. The van der Waals surface area contributed by atoms with Crippen LogP contribution in [0.4, 0.5) is 5.69 Å². The van der Waals surface area contributed by atoms with Crippen molar-refractivity contribution < 1.29 is 24.0 Å². The van der Waals surface area contributed by atoms with Gasteiger partial charge in [-0.3, -0.25) is 9.59 Å². The molecule has 0 spiro atoms. The Morgan fingerprint density at radius 2 is 1.87 bits per heavy atom. The minimum Gasteiger partial charge on any atom is -0.497 e. The van der Waals surface area contributed by atoms with Gasteiger partial charge in [0.25, 0.3) is 5.91 Å². The van der Waals surface area contributed by atoms with Gasteiger partial charge in [0.05, 0.1) is 32.9 Å². The fourth-order valence-corrected chi connectivity index (χ4v) is 4.08. The van der Waals surface area contributed by atoms with Gasteiger partial charge in [0.15, 0.2) is 6.54 Å². The Hall–Kier alpha value is -3.06. The highest BCUT2D eigenvalue weighted by Crippen LogP contribution is 2.31. The van der Waals surface area contributed by atoms with Crippen LogP contribution in [0.25, 0.3) is 0 Å². The summed E-state index contributed by atoms with van der Waals surface area (Å²) in [6.07, 6.45) is 2.03. The van der Waals surface area contributed by atoms with E-state index in [9.17, 15) is 9.59 Å². The van der Waals surface area contributed by atoms with Gasteiger partial charge >= 0.3 is 0 Å². The van der Waals surface area contributed by atoms with E-state index in [0.717, 1.165) is 47.7 Å². The summed E-state index contributed by atoms with van der Waals surface area (Å²) in [5.41, 5.74) is 2.94. The van der Waals surface area contributed by atoms with E-state index < -0.39 is 0 Å². The summed E-state index contributed by atoms with van der Waals surface area (Å²) < 4.78 is 10.9. The van der Waals surface area contributed by atoms with Crippen molar-refractivity contribution >= 4 is 17.5 Å². The minimum absolute atomic E-state index is 0.0243. The van der Waals surface area contributed by atoms with Gasteiger partial charge in [0, 0.05) is 31.6 Å². The molecular formula is C24H32N3O4+. The number of hydrogen-bond acceptors (Lipinski definition) is 4. The molecule has 2 amide bonds. The van der Waals surface area contributed by atoms with Gasteiger partial charge in [-0.15, -0.1) is 0 Å². The predicted octanol–water partition coefficient (Wildman–Crippen LogP) is 1.83. The molecule has 1 fully saturated rings. The number of likely N-dealkylation sites (tertiary alicyclic amines) is 1. The molecule has 166 valence electrons. The van der Waals surface area contributed by atoms with Crippen molar-refractivity contribution in [3.63, 3.8) is 0 Å². The molecule has 0 aromatic heterocycles. The van der Waals surface area contributed by atoms with Crippen molar-refractivity contribution in [3.8, 4) is 11.5 Å². The molecule has 2 aromatic rings. The topological polar surface area (TPSA) is 72.3 Å². The van der Waals surface area contributed by atoms with Gasteiger partial charge in [0.2, 0.25) is 5.91 Å². The number of nitrogens with one attached hydrogen (secondary N) is 2. The SMILES string of the molecule is COc1ccc([C@H]2CCC[NH+]2CC(=O)N(C)CC(=O)Nc2ccc(C)cc2)c(OC)c1. The Balaban J connectivity index is 1.59. The number of anilines is 1. The van der Waals surface area contributed by atoms with Gasteiger partial charge in [-0.1, -0.05) is 17.7 Å². The van der Waals surface area contributed by atoms with E-state index in [0.29, 0.717) is 6.54 Å². The molecule has 0 radical (unpaired) electrons. The van der Waals surface area contributed by atoms with E-state index in [-0.39, 0.29) is 24.4 Å². The fourth-order valence-electron chi connectivity index (χ4n) is 4.08. The van der Waals surface area contributed by atoms with Crippen LogP contribution >= 0.6 is 0 Å². The molecule has 1 aliphatic rings. The summed E-state index contributed by atoms with van der Waals surface area (Å²) in [4.78, 5) is 27.9. The lowest BCUT2D eigenvalue weighted by Crippen LogP contribution is -3.11. The number of ether oxygens (including phenoxy) is 2. The number of benzene rings is 2. The summed E-state index contributed by atoms with van der Waals surface area (Å²) in [6, 6.07) is 13.6.